The van der Waals surface area contributed by atoms with Gasteiger partial charge in [-0.1, -0.05) is 19.1 Å². The van der Waals surface area contributed by atoms with Crippen LogP contribution in [-0.4, -0.2) is 33.1 Å². The summed E-state index contributed by atoms with van der Waals surface area (Å²) in [6, 6.07) is 3.40. The number of hydrogen-bond acceptors (Lipinski definition) is 4. The first-order chi connectivity index (χ1) is 13.2. The number of halogens is 1. The second-order valence-electron chi connectivity index (χ2n) is 7.14. The van der Waals surface area contributed by atoms with Crippen LogP contribution < -0.4 is 10.1 Å². The van der Waals surface area contributed by atoms with Crippen LogP contribution >= 0.6 is 0 Å². The number of ether oxygens (including phenoxy) is 1. The number of nitrogens with zero attached hydrogens (tertiary/aromatic N) is 3. The van der Waals surface area contributed by atoms with Crippen molar-refractivity contribution >= 4 is 5.91 Å². The Hall–Kier alpha value is -2.96. The molecule has 0 aliphatic heterocycles. The summed E-state index contributed by atoms with van der Waals surface area (Å²) in [5, 5.41) is 2.96. The number of imidazole rings is 1. The zero-order valence-electron chi connectivity index (χ0n) is 17.2. The van der Waals surface area contributed by atoms with Gasteiger partial charge in [0.15, 0.2) is 0 Å². The first-order valence-corrected chi connectivity index (χ1v) is 9.06. The standard InChI is InChI=1S/C21H27FN4O2/c1-7-16(22)9-8-14(2)21(4,5)25-19(27)17-10-11-18(20(24-17)28-6)26-12-15(3)23-13-26/h7-14H,1-6H3,(H,25,27)/b9-8-,16-7+. The van der Waals surface area contributed by atoms with Crippen molar-refractivity contribution in [3.63, 3.8) is 0 Å². The number of allylic oxidation sites excluding steroid dienone is 3. The molecule has 1 atom stereocenters. The number of rotatable bonds is 7. The van der Waals surface area contributed by atoms with Gasteiger partial charge >= 0.3 is 0 Å². The van der Waals surface area contributed by atoms with E-state index in [4.69, 9.17) is 4.74 Å². The summed E-state index contributed by atoms with van der Waals surface area (Å²) >= 11 is 0. The first kappa shape index (κ1) is 21.3. The average molecular weight is 386 g/mol. The SMILES string of the molecule is C/C=C(F)\C=C/C(C)C(C)(C)NC(=O)c1ccc(-n2cnc(C)c2)c(OC)n1. The number of methoxy groups -OCH3 is 1. The van der Waals surface area contributed by atoms with Crippen molar-refractivity contribution in [2.45, 2.75) is 40.2 Å². The van der Waals surface area contributed by atoms with Gasteiger partial charge in [0.2, 0.25) is 5.88 Å². The lowest BCUT2D eigenvalue weighted by atomic mass is 9.88. The summed E-state index contributed by atoms with van der Waals surface area (Å²) < 4.78 is 20.5. The first-order valence-electron chi connectivity index (χ1n) is 9.06. The number of aromatic nitrogens is 3. The van der Waals surface area contributed by atoms with Gasteiger partial charge in [-0.15, -0.1) is 0 Å². The second-order valence-corrected chi connectivity index (χ2v) is 7.14. The number of nitrogens with one attached hydrogen (secondary N) is 1. The molecule has 0 spiro atoms. The highest BCUT2D eigenvalue weighted by Gasteiger charge is 2.27. The molecule has 1 amide bonds. The third-order valence-corrected chi connectivity index (χ3v) is 4.65. The monoisotopic (exact) mass is 386 g/mol. The zero-order chi connectivity index (χ0) is 20.9. The third-order valence-electron chi connectivity index (χ3n) is 4.65. The lowest BCUT2D eigenvalue weighted by molar-refractivity contribution is 0.0891. The van der Waals surface area contributed by atoms with E-state index in [1.54, 1.807) is 36.0 Å². The highest BCUT2D eigenvalue weighted by Crippen LogP contribution is 2.23. The Labute approximate surface area is 165 Å². The van der Waals surface area contributed by atoms with Crippen molar-refractivity contribution in [1.29, 1.82) is 0 Å². The molecule has 2 rings (SSSR count). The van der Waals surface area contributed by atoms with Crippen LogP contribution in [-0.2, 0) is 0 Å². The number of pyridine rings is 1. The minimum Gasteiger partial charge on any atom is -0.479 e. The van der Waals surface area contributed by atoms with Gasteiger partial charge in [-0.3, -0.25) is 4.79 Å². The van der Waals surface area contributed by atoms with E-state index in [1.807, 2.05) is 33.9 Å². The molecule has 0 bridgehead atoms. The average Bonchev–Trinajstić information content (AvgIpc) is 3.10. The van der Waals surface area contributed by atoms with Gasteiger partial charge in [0.25, 0.3) is 5.91 Å². The number of amides is 1. The molecule has 0 saturated heterocycles. The molecular formula is C21H27FN4O2. The van der Waals surface area contributed by atoms with Crippen molar-refractivity contribution in [2.24, 2.45) is 5.92 Å². The van der Waals surface area contributed by atoms with E-state index in [2.05, 4.69) is 15.3 Å². The Kier molecular flexibility index (Phi) is 6.72. The quantitative estimate of drug-likeness (QED) is 0.726. The van der Waals surface area contributed by atoms with Gasteiger partial charge in [-0.2, -0.15) is 0 Å². The summed E-state index contributed by atoms with van der Waals surface area (Å²) in [4.78, 5) is 21.3. The van der Waals surface area contributed by atoms with Crippen molar-refractivity contribution < 1.29 is 13.9 Å². The summed E-state index contributed by atoms with van der Waals surface area (Å²) in [5.74, 6) is -0.419. The zero-order valence-corrected chi connectivity index (χ0v) is 17.2. The highest BCUT2D eigenvalue weighted by atomic mass is 19.1. The van der Waals surface area contributed by atoms with Crippen LogP contribution in [0.5, 0.6) is 5.88 Å². The Morgan fingerprint density at radius 3 is 2.68 bits per heavy atom. The summed E-state index contributed by atoms with van der Waals surface area (Å²) in [6.45, 7) is 9.20. The highest BCUT2D eigenvalue weighted by molar-refractivity contribution is 5.93. The van der Waals surface area contributed by atoms with E-state index < -0.39 is 5.54 Å². The second kappa shape index (κ2) is 8.82. The Balaban J connectivity index is 2.20. The van der Waals surface area contributed by atoms with Crippen LogP contribution in [0, 0.1) is 12.8 Å². The molecule has 0 aliphatic carbocycles. The van der Waals surface area contributed by atoms with Crippen LogP contribution in [0.15, 0.2) is 48.7 Å². The van der Waals surface area contributed by atoms with E-state index in [0.29, 0.717) is 11.6 Å². The molecule has 28 heavy (non-hydrogen) atoms. The summed E-state index contributed by atoms with van der Waals surface area (Å²) in [5.41, 5.74) is 1.19. The van der Waals surface area contributed by atoms with Gasteiger partial charge in [0.1, 0.15) is 17.2 Å². The number of hydrogen-bond donors (Lipinski definition) is 1. The summed E-state index contributed by atoms with van der Waals surface area (Å²) in [7, 11) is 1.50. The van der Waals surface area contributed by atoms with Crippen molar-refractivity contribution in [3.8, 4) is 11.6 Å². The smallest absolute Gasteiger partial charge is 0.270 e. The largest absolute Gasteiger partial charge is 0.479 e. The van der Waals surface area contributed by atoms with Crippen LogP contribution in [0.3, 0.4) is 0 Å². The molecule has 2 aromatic heterocycles. The van der Waals surface area contributed by atoms with Crippen molar-refractivity contribution in [2.75, 3.05) is 7.11 Å². The topological polar surface area (TPSA) is 69.0 Å². The lowest BCUT2D eigenvalue weighted by Crippen LogP contribution is -2.48. The maximum absolute atomic E-state index is 13.3. The van der Waals surface area contributed by atoms with Gasteiger partial charge in [-0.05, 0) is 51.8 Å². The van der Waals surface area contributed by atoms with Crippen molar-refractivity contribution in [3.05, 3.63) is 60.1 Å². The third kappa shape index (κ3) is 5.06. The van der Waals surface area contributed by atoms with E-state index in [1.165, 1.54) is 19.3 Å². The fraction of sp³-hybridized carbons (Fsp3) is 0.381. The minimum absolute atomic E-state index is 0.0998. The van der Waals surface area contributed by atoms with Gasteiger partial charge in [0.05, 0.1) is 19.1 Å². The van der Waals surface area contributed by atoms with E-state index in [0.717, 1.165) is 5.69 Å². The number of carbonyl (C=O) groups is 1. The van der Waals surface area contributed by atoms with E-state index in [9.17, 15) is 9.18 Å². The maximum Gasteiger partial charge on any atom is 0.270 e. The molecule has 1 unspecified atom stereocenters. The molecule has 0 fully saturated rings. The van der Waals surface area contributed by atoms with Crippen LogP contribution in [0.25, 0.3) is 5.69 Å². The van der Waals surface area contributed by atoms with Crippen LogP contribution in [0.4, 0.5) is 4.39 Å². The molecule has 2 heterocycles. The normalized spacial score (nSPS) is 13.6. The molecule has 1 N–H and O–H groups in total. The number of carbonyl (C=O) groups excluding carboxylic acids is 1. The fourth-order valence-corrected chi connectivity index (χ4v) is 2.50. The number of aryl methyl sites for hydroxylation is 1. The molecule has 6 nitrogen and oxygen atoms in total. The molecule has 2 aromatic rings. The molecule has 0 aliphatic rings. The van der Waals surface area contributed by atoms with Crippen LogP contribution in [0.2, 0.25) is 0 Å². The molecule has 0 saturated carbocycles. The van der Waals surface area contributed by atoms with E-state index in [-0.39, 0.29) is 23.3 Å². The minimum atomic E-state index is -0.601. The van der Waals surface area contributed by atoms with Crippen molar-refractivity contribution in [1.82, 2.24) is 19.9 Å². The van der Waals surface area contributed by atoms with Crippen LogP contribution in [0.1, 0.15) is 43.9 Å². The molecule has 0 radical (unpaired) electrons. The molecule has 150 valence electrons. The van der Waals surface area contributed by atoms with Gasteiger partial charge in [-0.25, -0.2) is 14.4 Å². The molecular weight excluding hydrogens is 359 g/mol. The van der Waals surface area contributed by atoms with Gasteiger partial charge < -0.3 is 14.6 Å². The Bertz CT molecular complexity index is 900. The predicted octanol–water partition coefficient (Wildman–Crippen LogP) is 4.16. The maximum atomic E-state index is 13.3. The fourth-order valence-electron chi connectivity index (χ4n) is 2.50. The molecule has 0 aromatic carbocycles. The lowest BCUT2D eigenvalue weighted by Gasteiger charge is -2.31. The van der Waals surface area contributed by atoms with E-state index >= 15 is 0 Å². The summed E-state index contributed by atoms with van der Waals surface area (Å²) in [6.07, 6.45) is 8.03. The Morgan fingerprint density at radius 1 is 1.39 bits per heavy atom. The Morgan fingerprint density at radius 2 is 2.11 bits per heavy atom. The van der Waals surface area contributed by atoms with Gasteiger partial charge in [0, 0.05) is 11.7 Å². The molecule has 7 heteroatoms. The predicted molar refractivity (Wildman–Crippen MR) is 107 cm³/mol.